The first kappa shape index (κ1) is 9.03. The van der Waals surface area contributed by atoms with E-state index < -0.39 is 0 Å². The molecule has 78 valence electrons. The average molecular weight is 212 g/mol. The maximum absolute atomic E-state index is 12.1. The third-order valence-corrected chi connectivity index (χ3v) is 2.81. The fourth-order valence-electron chi connectivity index (χ4n) is 2.01. The Balaban J connectivity index is 2.36. The Morgan fingerprint density at radius 1 is 1.06 bits per heavy atom. The first-order valence-electron chi connectivity index (χ1n) is 4.93. The molecule has 3 rings (SSSR count). The molecule has 0 bridgehead atoms. The summed E-state index contributed by atoms with van der Waals surface area (Å²) in [7, 11) is 0. The van der Waals surface area contributed by atoms with Crippen LogP contribution in [-0.4, -0.2) is 21.8 Å². The lowest BCUT2D eigenvalue weighted by Crippen LogP contribution is -2.20. The second-order valence-electron chi connectivity index (χ2n) is 3.78. The first-order valence-corrected chi connectivity index (χ1v) is 4.93. The summed E-state index contributed by atoms with van der Waals surface area (Å²) in [6, 6.07) is 6.83. The number of aromatic amines is 1. The number of nitrogens with one attached hydrogen (secondary N) is 1. The zero-order valence-electron chi connectivity index (χ0n) is 8.57. The number of hydrogen-bond acceptors (Lipinski definition) is 3. The van der Waals surface area contributed by atoms with Crippen molar-refractivity contribution < 1.29 is 9.59 Å². The Kier molecular flexibility index (Phi) is 1.63. The number of aryl methyl sites for hydroxylation is 1. The first-order chi connectivity index (χ1) is 7.70. The molecule has 0 aliphatic heterocycles. The summed E-state index contributed by atoms with van der Waals surface area (Å²) in [5, 5.41) is 6.57. The Labute approximate surface area is 91.3 Å². The van der Waals surface area contributed by atoms with Crippen molar-refractivity contribution in [3.63, 3.8) is 0 Å². The van der Waals surface area contributed by atoms with Crippen LogP contribution in [0.15, 0.2) is 24.3 Å². The SMILES string of the molecule is Cc1[nH]nc2c1C(=O)c1ccccc1C2=O. The number of nitrogens with zero attached hydrogens (tertiary/aromatic N) is 1. The minimum absolute atomic E-state index is 0.128. The summed E-state index contributed by atoms with van der Waals surface area (Å²) in [6.45, 7) is 1.74. The van der Waals surface area contributed by atoms with Gasteiger partial charge in [-0.1, -0.05) is 24.3 Å². The van der Waals surface area contributed by atoms with Crippen molar-refractivity contribution in [1.82, 2.24) is 10.2 Å². The molecule has 1 aliphatic carbocycles. The molecule has 0 spiro atoms. The van der Waals surface area contributed by atoms with Crippen molar-refractivity contribution in [3.8, 4) is 0 Å². The van der Waals surface area contributed by atoms with Crippen LogP contribution in [0.25, 0.3) is 0 Å². The summed E-state index contributed by atoms with van der Waals surface area (Å²) in [6.07, 6.45) is 0. The van der Waals surface area contributed by atoms with Gasteiger partial charge in [0.15, 0.2) is 5.78 Å². The second-order valence-corrected chi connectivity index (χ2v) is 3.78. The molecule has 0 amide bonds. The number of fused-ring (bicyclic) bond motifs is 2. The molecule has 1 N–H and O–H groups in total. The second kappa shape index (κ2) is 2.88. The summed E-state index contributed by atoms with van der Waals surface area (Å²) < 4.78 is 0. The highest BCUT2D eigenvalue weighted by Crippen LogP contribution is 2.27. The van der Waals surface area contributed by atoms with Gasteiger partial charge in [0.25, 0.3) is 0 Å². The average Bonchev–Trinajstić information content (AvgIpc) is 2.69. The van der Waals surface area contributed by atoms with Crippen molar-refractivity contribution in [3.05, 3.63) is 52.3 Å². The Morgan fingerprint density at radius 2 is 1.69 bits per heavy atom. The number of carbonyl (C=O) groups is 2. The van der Waals surface area contributed by atoms with E-state index in [1.54, 1.807) is 31.2 Å². The minimum atomic E-state index is -0.186. The standard InChI is InChI=1S/C12H8N2O2/c1-6-9-10(14-13-6)12(16)8-5-3-2-4-7(8)11(9)15/h2-5H,1H3,(H,13,14). The van der Waals surface area contributed by atoms with E-state index in [1.807, 2.05) is 0 Å². The molecule has 1 aliphatic rings. The fourth-order valence-corrected chi connectivity index (χ4v) is 2.01. The van der Waals surface area contributed by atoms with Gasteiger partial charge in [0, 0.05) is 16.8 Å². The summed E-state index contributed by atoms with van der Waals surface area (Å²) in [5.74, 6) is -0.314. The van der Waals surface area contributed by atoms with Gasteiger partial charge in [-0.2, -0.15) is 5.10 Å². The molecule has 0 radical (unpaired) electrons. The topological polar surface area (TPSA) is 62.8 Å². The zero-order chi connectivity index (χ0) is 11.3. The maximum Gasteiger partial charge on any atom is 0.214 e. The lowest BCUT2D eigenvalue weighted by atomic mass is 9.87. The molecule has 4 heteroatoms. The molecular weight excluding hydrogens is 204 g/mol. The van der Waals surface area contributed by atoms with Gasteiger partial charge >= 0.3 is 0 Å². The van der Waals surface area contributed by atoms with E-state index in [-0.39, 0.29) is 17.3 Å². The van der Waals surface area contributed by atoms with Gasteiger partial charge in [0.2, 0.25) is 5.78 Å². The highest BCUT2D eigenvalue weighted by molar-refractivity contribution is 6.28. The summed E-state index contributed by atoms with van der Waals surface area (Å²) in [5.41, 5.74) is 2.18. The van der Waals surface area contributed by atoms with E-state index in [1.165, 1.54) is 0 Å². The van der Waals surface area contributed by atoms with E-state index in [4.69, 9.17) is 0 Å². The molecule has 1 aromatic carbocycles. The van der Waals surface area contributed by atoms with Crippen LogP contribution in [0.1, 0.15) is 37.7 Å². The van der Waals surface area contributed by atoms with Crippen molar-refractivity contribution in [2.75, 3.05) is 0 Å². The number of benzene rings is 1. The fraction of sp³-hybridized carbons (Fsp3) is 0.0833. The van der Waals surface area contributed by atoms with E-state index in [0.29, 0.717) is 22.4 Å². The third kappa shape index (κ3) is 0.957. The van der Waals surface area contributed by atoms with E-state index >= 15 is 0 Å². The van der Waals surface area contributed by atoms with Gasteiger partial charge in [0.1, 0.15) is 5.69 Å². The van der Waals surface area contributed by atoms with Crippen LogP contribution < -0.4 is 0 Å². The largest absolute Gasteiger partial charge is 0.288 e. The van der Waals surface area contributed by atoms with Crippen molar-refractivity contribution in [2.24, 2.45) is 0 Å². The van der Waals surface area contributed by atoms with E-state index in [2.05, 4.69) is 10.2 Å². The normalized spacial score (nSPS) is 13.6. The molecule has 16 heavy (non-hydrogen) atoms. The Morgan fingerprint density at radius 3 is 2.38 bits per heavy atom. The maximum atomic E-state index is 12.1. The predicted octanol–water partition coefficient (Wildman–Crippen LogP) is 1.49. The lowest BCUT2D eigenvalue weighted by molar-refractivity contribution is 0.0976. The highest BCUT2D eigenvalue weighted by Gasteiger charge is 2.32. The van der Waals surface area contributed by atoms with Crippen molar-refractivity contribution in [2.45, 2.75) is 6.92 Å². The summed E-state index contributed by atoms with van der Waals surface area (Å²) >= 11 is 0. The molecule has 1 aromatic heterocycles. The number of rotatable bonds is 0. The van der Waals surface area contributed by atoms with Gasteiger partial charge in [-0.25, -0.2) is 0 Å². The van der Waals surface area contributed by atoms with Crippen LogP contribution in [-0.2, 0) is 0 Å². The quantitative estimate of drug-likeness (QED) is 0.614. The molecule has 4 nitrogen and oxygen atoms in total. The van der Waals surface area contributed by atoms with Crippen LogP contribution in [0.3, 0.4) is 0 Å². The number of carbonyl (C=O) groups excluding carboxylic acids is 2. The van der Waals surface area contributed by atoms with Gasteiger partial charge in [0.05, 0.1) is 5.56 Å². The number of hydrogen-bond donors (Lipinski definition) is 1. The molecule has 0 fully saturated rings. The molecular formula is C12H8N2O2. The van der Waals surface area contributed by atoms with Crippen LogP contribution >= 0.6 is 0 Å². The Bertz CT molecular complexity index is 626. The van der Waals surface area contributed by atoms with Crippen LogP contribution in [0.4, 0.5) is 0 Å². The number of ketones is 2. The molecule has 2 aromatic rings. The van der Waals surface area contributed by atoms with Crippen molar-refractivity contribution >= 4 is 11.6 Å². The van der Waals surface area contributed by atoms with Gasteiger partial charge in [-0.15, -0.1) is 0 Å². The van der Waals surface area contributed by atoms with Gasteiger partial charge in [-0.05, 0) is 6.92 Å². The Hall–Kier alpha value is -2.23. The minimum Gasteiger partial charge on any atom is -0.288 e. The highest BCUT2D eigenvalue weighted by atomic mass is 16.1. The van der Waals surface area contributed by atoms with E-state index in [0.717, 1.165) is 0 Å². The lowest BCUT2D eigenvalue weighted by Gasteiger charge is -2.12. The monoisotopic (exact) mass is 212 g/mol. The third-order valence-electron chi connectivity index (χ3n) is 2.81. The van der Waals surface area contributed by atoms with Crippen LogP contribution in [0, 0.1) is 6.92 Å². The van der Waals surface area contributed by atoms with Crippen LogP contribution in [0.2, 0.25) is 0 Å². The predicted molar refractivity (Wildman–Crippen MR) is 56.6 cm³/mol. The number of aromatic nitrogens is 2. The van der Waals surface area contributed by atoms with Gasteiger partial charge in [-0.3, -0.25) is 14.7 Å². The molecule has 0 saturated carbocycles. The molecule has 0 saturated heterocycles. The van der Waals surface area contributed by atoms with Gasteiger partial charge < -0.3 is 0 Å². The zero-order valence-corrected chi connectivity index (χ0v) is 8.57. The van der Waals surface area contributed by atoms with Crippen molar-refractivity contribution in [1.29, 1.82) is 0 Å². The molecule has 1 heterocycles. The van der Waals surface area contributed by atoms with Crippen LogP contribution in [0.5, 0.6) is 0 Å². The molecule has 0 unspecified atom stereocenters. The summed E-state index contributed by atoms with van der Waals surface area (Å²) in [4.78, 5) is 24.2. The molecule has 0 atom stereocenters. The smallest absolute Gasteiger partial charge is 0.214 e. The van der Waals surface area contributed by atoms with E-state index in [9.17, 15) is 9.59 Å². The number of H-pyrrole nitrogens is 1.